The van der Waals surface area contributed by atoms with Crippen LogP contribution in [0, 0.1) is 0 Å². The molecule has 0 aromatic heterocycles. The van der Waals surface area contributed by atoms with Crippen LogP contribution in [0.3, 0.4) is 0 Å². The van der Waals surface area contributed by atoms with Crippen LogP contribution in [0.2, 0.25) is 0 Å². The minimum atomic E-state index is 0.152. The molecule has 0 atom stereocenters. The summed E-state index contributed by atoms with van der Waals surface area (Å²) in [6.07, 6.45) is 4.36. The van der Waals surface area contributed by atoms with E-state index in [-0.39, 0.29) is 5.91 Å². The highest BCUT2D eigenvalue weighted by atomic mass is 16.2. The molecule has 4 heteroatoms. The van der Waals surface area contributed by atoms with Crippen molar-refractivity contribution < 1.29 is 9.59 Å². The highest BCUT2D eigenvalue weighted by molar-refractivity contribution is 5.76. The minimum Gasteiger partial charge on any atom is -0.323 e. The van der Waals surface area contributed by atoms with Gasteiger partial charge in [0.1, 0.15) is 0 Å². The number of carbonyl (C=O) groups excluding carboxylic acids is 2. The average molecular weight is 183 g/mol. The Hall–Kier alpha value is -1.06. The van der Waals surface area contributed by atoms with Gasteiger partial charge in [0, 0.05) is 19.5 Å². The maximum atomic E-state index is 11.4. The molecule has 0 aromatic carbocycles. The van der Waals surface area contributed by atoms with Crippen LogP contribution in [0.5, 0.6) is 0 Å². The van der Waals surface area contributed by atoms with Crippen LogP contribution in [-0.2, 0) is 9.59 Å². The van der Waals surface area contributed by atoms with Crippen LogP contribution in [0.1, 0.15) is 26.2 Å². The van der Waals surface area contributed by atoms with Gasteiger partial charge in [0.2, 0.25) is 5.91 Å². The quantitative estimate of drug-likeness (QED) is 0.631. The second-order valence-electron chi connectivity index (χ2n) is 3.26. The zero-order chi connectivity index (χ0) is 9.68. The zero-order valence-corrected chi connectivity index (χ0v) is 7.95. The Bertz CT molecular complexity index is 194. The molecule has 0 N–H and O–H groups in total. The fourth-order valence-corrected chi connectivity index (χ4v) is 1.35. The summed E-state index contributed by atoms with van der Waals surface area (Å²) in [5, 5.41) is 0. The molecular formula is C9H15N2O2. The van der Waals surface area contributed by atoms with E-state index in [9.17, 15) is 9.59 Å². The van der Waals surface area contributed by atoms with Gasteiger partial charge in [-0.15, -0.1) is 0 Å². The van der Waals surface area contributed by atoms with Crippen molar-refractivity contribution >= 4 is 12.3 Å². The molecule has 2 amide bonds. The van der Waals surface area contributed by atoms with Crippen LogP contribution >= 0.6 is 0 Å². The van der Waals surface area contributed by atoms with Crippen LogP contribution in [-0.4, -0.2) is 41.9 Å². The van der Waals surface area contributed by atoms with E-state index in [0.29, 0.717) is 26.2 Å². The molecule has 0 saturated carbocycles. The smallest absolute Gasteiger partial charge is 0.313 e. The molecule has 0 spiro atoms. The van der Waals surface area contributed by atoms with Gasteiger partial charge in [-0.1, -0.05) is 13.3 Å². The number of nitrogens with zero attached hydrogens (tertiary/aromatic N) is 2. The number of hydrogen-bond acceptors (Lipinski definition) is 2. The van der Waals surface area contributed by atoms with Crippen molar-refractivity contribution in [2.45, 2.75) is 26.2 Å². The molecule has 1 radical (unpaired) electrons. The van der Waals surface area contributed by atoms with Crippen LogP contribution < -0.4 is 0 Å². The van der Waals surface area contributed by atoms with Gasteiger partial charge < -0.3 is 9.80 Å². The largest absolute Gasteiger partial charge is 0.323 e. The third kappa shape index (κ3) is 2.72. The molecule has 0 aromatic rings. The second-order valence-corrected chi connectivity index (χ2v) is 3.26. The third-order valence-corrected chi connectivity index (χ3v) is 2.21. The summed E-state index contributed by atoms with van der Waals surface area (Å²) in [7, 11) is 0. The summed E-state index contributed by atoms with van der Waals surface area (Å²) >= 11 is 0. The van der Waals surface area contributed by atoms with Gasteiger partial charge in [0.25, 0.3) is 0 Å². The molecule has 0 bridgehead atoms. The summed E-state index contributed by atoms with van der Waals surface area (Å²) < 4.78 is 0. The van der Waals surface area contributed by atoms with E-state index in [1.165, 1.54) is 4.90 Å². The maximum Gasteiger partial charge on any atom is 0.313 e. The second kappa shape index (κ2) is 4.84. The van der Waals surface area contributed by atoms with Gasteiger partial charge >= 0.3 is 6.41 Å². The molecule has 1 saturated heterocycles. The van der Waals surface area contributed by atoms with Crippen molar-refractivity contribution in [3.8, 4) is 0 Å². The van der Waals surface area contributed by atoms with E-state index >= 15 is 0 Å². The summed E-state index contributed by atoms with van der Waals surface area (Å²) in [4.78, 5) is 24.9. The maximum absolute atomic E-state index is 11.4. The number of rotatable bonds is 4. The summed E-state index contributed by atoms with van der Waals surface area (Å²) in [6.45, 7) is 3.77. The Morgan fingerprint density at radius 1 is 1.46 bits per heavy atom. The Morgan fingerprint density at radius 3 is 2.77 bits per heavy atom. The Kier molecular flexibility index (Phi) is 3.73. The van der Waals surface area contributed by atoms with E-state index in [0.717, 1.165) is 12.8 Å². The van der Waals surface area contributed by atoms with Crippen LogP contribution in [0.15, 0.2) is 0 Å². The predicted octanol–water partition coefficient (Wildman–Crippen LogP) is 0.345. The minimum absolute atomic E-state index is 0.152. The van der Waals surface area contributed by atoms with Crippen molar-refractivity contribution in [3.63, 3.8) is 0 Å². The lowest BCUT2D eigenvalue weighted by atomic mass is 10.2. The molecule has 1 fully saturated rings. The van der Waals surface area contributed by atoms with Gasteiger partial charge in [-0.2, -0.15) is 0 Å². The Morgan fingerprint density at radius 2 is 2.23 bits per heavy atom. The predicted molar refractivity (Wildman–Crippen MR) is 48.5 cm³/mol. The number of amides is 2. The SMILES string of the molecule is CCCCC(=O)N1CCN([C]=O)C1. The monoisotopic (exact) mass is 183 g/mol. The van der Waals surface area contributed by atoms with Gasteiger partial charge in [-0.05, 0) is 6.42 Å². The average Bonchev–Trinajstić information content (AvgIpc) is 2.62. The van der Waals surface area contributed by atoms with Crippen molar-refractivity contribution in [1.29, 1.82) is 0 Å². The zero-order valence-electron chi connectivity index (χ0n) is 7.95. The van der Waals surface area contributed by atoms with Gasteiger partial charge in [-0.3, -0.25) is 9.59 Å². The van der Waals surface area contributed by atoms with E-state index in [4.69, 9.17) is 0 Å². The first-order valence-electron chi connectivity index (χ1n) is 4.68. The molecule has 0 unspecified atom stereocenters. The Labute approximate surface area is 78.5 Å². The molecule has 73 valence electrons. The fraction of sp³-hybridized carbons (Fsp3) is 0.778. The molecule has 1 aliphatic rings. The summed E-state index contributed by atoms with van der Waals surface area (Å²) in [5.74, 6) is 0.152. The van der Waals surface area contributed by atoms with E-state index in [2.05, 4.69) is 6.92 Å². The molecule has 13 heavy (non-hydrogen) atoms. The lowest BCUT2D eigenvalue weighted by Crippen LogP contribution is -2.30. The van der Waals surface area contributed by atoms with E-state index < -0.39 is 0 Å². The molecule has 1 heterocycles. The van der Waals surface area contributed by atoms with Gasteiger partial charge in [0.15, 0.2) is 0 Å². The lowest BCUT2D eigenvalue weighted by Gasteiger charge is -2.14. The van der Waals surface area contributed by atoms with Crippen molar-refractivity contribution in [1.82, 2.24) is 9.80 Å². The topological polar surface area (TPSA) is 40.6 Å². The highest BCUT2D eigenvalue weighted by Gasteiger charge is 2.22. The lowest BCUT2D eigenvalue weighted by molar-refractivity contribution is -0.130. The highest BCUT2D eigenvalue weighted by Crippen LogP contribution is 2.06. The summed E-state index contributed by atoms with van der Waals surface area (Å²) in [5.41, 5.74) is 0. The Balaban J connectivity index is 2.28. The number of carbonyl (C=O) groups is 1. The number of hydrogen-bond donors (Lipinski definition) is 0. The molecular weight excluding hydrogens is 168 g/mol. The van der Waals surface area contributed by atoms with Crippen LogP contribution in [0.25, 0.3) is 0 Å². The van der Waals surface area contributed by atoms with Gasteiger partial charge in [0.05, 0.1) is 6.67 Å². The first-order valence-corrected chi connectivity index (χ1v) is 4.68. The summed E-state index contributed by atoms with van der Waals surface area (Å²) in [6, 6.07) is 0. The van der Waals surface area contributed by atoms with Crippen LogP contribution in [0.4, 0.5) is 0 Å². The normalized spacial score (nSPS) is 16.4. The van der Waals surface area contributed by atoms with Crippen molar-refractivity contribution in [3.05, 3.63) is 0 Å². The number of unbranched alkanes of at least 4 members (excludes halogenated alkanes) is 1. The van der Waals surface area contributed by atoms with Crippen molar-refractivity contribution in [2.75, 3.05) is 19.8 Å². The van der Waals surface area contributed by atoms with Gasteiger partial charge in [-0.25, -0.2) is 0 Å². The first kappa shape index (κ1) is 10.0. The molecule has 1 aliphatic heterocycles. The van der Waals surface area contributed by atoms with E-state index in [1.807, 2.05) is 0 Å². The first-order chi connectivity index (χ1) is 6.27. The molecule has 1 rings (SSSR count). The molecule has 4 nitrogen and oxygen atoms in total. The standard InChI is InChI=1S/C9H15N2O2/c1-2-3-4-9(13)11-6-5-10(7-11)8-12/h2-7H2,1H3. The fourth-order valence-electron chi connectivity index (χ4n) is 1.35. The van der Waals surface area contributed by atoms with E-state index in [1.54, 1.807) is 11.3 Å². The third-order valence-electron chi connectivity index (χ3n) is 2.21. The van der Waals surface area contributed by atoms with Crippen molar-refractivity contribution in [2.24, 2.45) is 0 Å². The molecule has 0 aliphatic carbocycles.